The largest absolute Gasteiger partial charge is 0.492 e. The lowest BCUT2D eigenvalue weighted by Gasteiger charge is -2.14. The van der Waals surface area contributed by atoms with Gasteiger partial charge in [0.1, 0.15) is 5.75 Å². The summed E-state index contributed by atoms with van der Waals surface area (Å²) in [5.41, 5.74) is 0.875. The van der Waals surface area contributed by atoms with Crippen LogP contribution in [-0.2, 0) is 0 Å². The lowest BCUT2D eigenvalue weighted by atomic mass is 10.1. The average Bonchev–Trinajstić information content (AvgIpc) is 3.08. The van der Waals surface area contributed by atoms with Crippen LogP contribution >= 0.6 is 0 Å². The highest BCUT2D eigenvalue weighted by atomic mass is 16.6. The number of non-ortho nitro benzene ring substituents is 1. The molecule has 1 fully saturated rings. The first-order valence-electron chi connectivity index (χ1n) is 5.81. The van der Waals surface area contributed by atoms with Gasteiger partial charge in [0.05, 0.1) is 23.7 Å². The van der Waals surface area contributed by atoms with E-state index in [-0.39, 0.29) is 11.1 Å². The van der Waals surface area contributed by atoms with Crippen molar-refractivity contribution in [1.29, 1.82) is 5.26 Å². The van der Waals surface area contributed by atoms with Crippen LogP contribution in [-0.4, -0.2) is 11.5 Å². The van der Waals surface area contributed by atoms with Gasteiger partial charge < -0.3 is 4.74 Å². The maximum Gasteiger partial charge on any atom is 0.273 e. The zero-order chi connectivity index (χ0) is 13.2. The third-order valence-corrected chi connectivity index (χ3v) is 3.33. The molecule has 0 saturated heterocycles. The number of hydrogen-bond acceptors (Lipinski definition) is 4. The van der Waals surface area contributed by atoms with E-state index < -0.39 is 4.92 Å². The van der Waals surface area contributed by atoms with Gasteiger partial charge in [0, 0.05) is 17.9 Å². The molecule has 0 atom stereocenters. The van der Waals surface area contributed by atoms with Crippen LogP contribution in [0.1, 0.15) is 24.8 Å². The molecule has 1 saturated carbocycles. The second-order valence-electron chi connectivity index (χ2n) is 4.83. The van der Waals surface area contributed by atoms with E-state index in [0.29, 0.717) is 18.8 Å². The zero-order valence-corrected chi connectivity index (χ0v) is 10.2. The van der Waals surface area contributed by atoms with Crippen molar-refractivity contribution >= 4 is 5.69 Å². The summed E-state index contributed by atoms with van der Waals surface area (Å²) in [5, 5.41) is 19.4. The molecule has 1 aliphatic rings. The number of nitro groups is 1. The molecule has 0 unspecified atom stereocenters. The fourth-order valence-corrected chi connectivity index (χ4v) is 1.81. The number of nitrogens with zero attached hydrogens (tertiary/aromatic N) is 2. The Morgan fingerprint density at radius 1 is 1.56 bits per heavy atom. The lowest BCUT2D eigenvalue weighted by molar-refractivity contribution is -0.385. The Morgan fingerprint density at radius 2 is 2.28 bits per heavy atom. The lowest BCUT2D eigenvalue weighted by Crippen LogP contribution is -2.13. The third kappa shape index (κ3) is 2.59. The molecular weight excluding hydrogens is 232 g/mol. The highest BCUT2D eigenvalue weighted by Gasteiger charge is 2.43. The first-order chi connectivity index (χ1) is 8.56. The van der Waals surface area contributed by atoms with E-state index in [9.17, 15) is 10.1 Å². The predicted molar refractivity (Wildman–Crippen MR) is 65.2 cm³/mol. The van der Waals surface area contributed by atoms with Gasteiger partial charge in [0.15, 0.2) is 0 Å². The molecular formula is C13H14N2O3. The molecule has 2 rings (SSSR count). The van der Waals surface area contributed by atoms with Gasteiger partial charge in [0.25, 0.3) is 5.69 Å². The smallest absolute Gasteiger partial charge is 0.273 e. The molecule has 0 spiro atoms. The van der Waals surface area contributed by atoms with Crippen molar-refractivity contribution in [2.75, 3.05) is 6.61 Å². The number of ether oxygens (including phenoxy) is 1. The van der Waals surface area contributed by atoms with Crippen LogP contribution in [0.15, 0.2) is 18.2 Å². The van der Waals surface area contributed by atoms with E-state index in [2.05, 4.69) is 6.07 Å². The molecule has 0 N–H and O–H groups in total. The Morgan fingerprint density at radius 3 is 2.83 bits per heavy atom. The highest BCUT2D eigenvalue weighted by Crippen LogP contribution is 2.48. The number of rotatable bonds is 5. The average molecular weight is 246 g/mol. The number of benzene rings is 1. The van der Waals surface area contributed by atoms with Crippen LogP contribution < -0.4 is 4.74 Å². The van der Waals surface area contributed by atoms with E-state index in [1.54, 1.807) is 6.07 Å². The summed E-state index contributed by atoms with van der Waals surface area (Å²) >= 11 is 0. The van der Waals surface area contributed by atoms with Gasteiger partial charge in [-0.05, 0) is 31.4 Å². The Labute approximate surface area is 105 Å². The van der Waals surface area contributed by atoms with Crippen molar-refractivity contribution in [3.05, 3.63) is 33.9 Å². The fourth-order valence-electron chi connectivity index (χ4n) is 1.81. The number of hydrogen-bond donors (Lipinski definition) is 0. The second kappa shape index (κ2) is 4.65. The number of nitro benzene ring substituents is 1. The maximum absolute atomic E-state index is 10.7. The molecule has 0 radical (unpaired) electrons. The van der Waals surface area contributed by atoms with Crippen molar-refractivity contribution in [2.24, 2.45) is 5.41 Å². The second-order valence-corrected chi connectivity index (χ2v) is 4.83. The van der Waals surface area contributed by atoms with Crippen molar-refractivity contribution in [3.63, 3.8) is 0 Å². The standard InChI is InChI=1S/C13H14N2O3/c1-10-2-3-11(15(16)17)8-12(10)18-9-13(4-5-13)6-7-14/h2-3,8H,4-6,9H2,1H3. The minimum atomic E-state index is -0.436. The topological polar surface area (TPSA) is 76.2 Å². The predicted octanol–water partition coefficient (Wildman–Crippen LogP) is 2.98. The summed E-state index contributed by atoms with van der Waals surface area (Å²) in [4.78, 5) is 10.3. The first kappa shape index (κ1) is 12.4. The Bertz CT molecular complexity index is 515. The van der Waals surface area contributed by atoms with Gasteiger partial charge >= 0.3 is 0 Å². The van der Waals surface area contributed by atoms with Gasteiger partial charge in [-0.25, -0.2) is 0 Å². The SMILES string of the molecule is Cc1ccc([N+](=O)[O-])cc1OCC1(CC#N)CC1. The first-order valence-corrected chi connectivity index (χ1v) is 5.81. The summed E-state index contributed by atoms with van der Waals surface area (Å²) in [6.07, 6.45) is 2.48. The maximum atomic E-state index is 10.7. The third-order valence-electron chi connectivity index (χ3n) is 3.33. The van der Waals surface area contributed by atoms with Crippen LogP contribution in [0.2, 0.25) is 0 Å². The van der Waals surface area contributed by atoms with Crippen LogP contribution in [0, 0.1) is 33.8 Å². The van der Waals surface area contributed by atoms with Gasteiger partial charge in [-0.2, -0.15) is 5.26 Å². The van der Waals surface area contributed by atoms with Crippen LogP contribution in [0.3, 0.4) is 0 Å². The number of aryl methyl sites for hydroxylation is 1. The van der Waals surface area contributed by atoms with E-state index in [1.807, 2.05) is 6.92 Å². The van der Waals surface area contributed by atoms with Crippen LogP contribution in [0.4, 0.5) is 5.69 Å². The van der Waals surface area contributed by atoms with Crippen molar-refractivity contribution in [3.8, 4) is 11.8 Å². The summed E-state index contributed by atoms with van der Waals surface area (Å²) in [7, 11) is 0. The zero-order valence-electron chi connectivity index (χ0n) is 10.2. The molecule has 94 valence electrons. The minimum absolute atomic E-state index is 0.0220. The molecule has 18 heavy (non-hydrogen) atoms. The molecule has 5 nitrogen and oxygen atoms in total. The van der Waals surface area contributed by atoms with Gasteiger partial charge in [-0.1, -0.05) is 0 Å². The van der Waals surface area contributed by atoms with E-state index in [1.165, 1.54) is 12.1 Å². The van der Waals surface area contributed by atoms with Gasteiger partial charge in [0.2, 0.25) is 0 Å². The molecule has 0 heterocycles. The minimum Gasteiger partial charge on any atom is -0.492 e. The van der Waals surface area contributed by atoms with Crippen LogP contribution in [0.25, 0.3) is 0 Å². The molecule has 0 bridgehead atoms. The fraction of sp³-hybridized carbons (Fsp3) is 0.462. The quantitative estimate of drug-likeness (QED) is 0.591. The normalized spacial score (nSPS) is 15.8. The van der Waals surface area contributed by atoms with Crippen molar-refractivity contribution < 1.29 is 9.66 Å². The molecule has 0 aromatic heterocycles. The van der Waals surface area contributed by atoms with Gasteiger partial charge in [-0.15, -0.1) is 0 Å². The van der Waals surface area contributed by atoms with E-state index in [4.69, 9.17) is 10.00 Å². The van der Waals surface area contributed by atoms with Crippen molar-refractivity contribution in [2.45, 2.75) is 26.2 Å². The van der Waals surface area contributed by atoms with Crippen LogP contribution in [0.5, 0.6) is 5.75 Å². The summed E-state index contributed by atoms with van der Waals surface area (Å²) < 4.78 is 5.65. The molecule has 0 amide bonds. The Hall–Kier alpha value is -2.09. The molecule has 1 aromatic carbocycles. The van der Waals surface area contributed by atoms with Crippen molar-refractivity contribution in [1.82, 2.24) is 0 Å². The molecule has 1 aromatic rings. The van der Waals surface area contributed by atoms with E-state index >= 15 is 0 Å². The summed E-state index contributed by atoms with van der Waals surface area (Å²) in [6.45, 7) is 2.31. The highest BCUT2D eigenvalue weighted by molar-refractivity contribution is 5.43. The monoisotopic (exact) mass is 246 g/mol. The van der Waals surface area contributed by atoms with E-state index in [0.717, 1.165) is 18.4 Å². The Balaban J connectivity index is 2.07. The number of nitriles is 1. The molecule has 1 aliphatic carbocycles. The summed E-state index contributed by atoms with van der Waals surface area (Å²) in [5.74, 6) is 0.536. The Kier molecular flexibility index (Phi) is 3.19. The van der Waals surface area contributed by atoms with Gasteiger partial charge in [-0.3, -0.25) is 10.1 Å². The summed E-state index contributed by atoms with van der Waals surface area (Å²) in [6, 6.07) is 6.75. The molecule has 0 aliphatic heterocycles. The molecule has 5 heteroatoms.